The van der Waals surface area contributed by atoms with Crippen molar-refractivity contribution in [3.63, 3.8) is 0 Å². The molecule has 0 spiro atoms. The number of carboxylic acids is 1. The van der Waals surface area contributed by atoms with E-state index in [9.17, 15) is 14.7 Å². The Hall–Kier alpha value is -2.80. The molecule has 7 nitrogen and oxygen atoms in total. The van der Waals surface area contributed by atoms with E-state index in [0.717, 1.165) is 66.0 Å². The van der Waals surface area contributed by atoms with Crippen LogP contribution in [0.4, 0.5) is 0 Å². The van der Waals surface area contributed by atoms with Crippen molar-refractivity contribution in [1.29, 1.82) is 0 Å². The molecule has 1 fully saturated rings. The highest BCUT2D eigenvalue weighted by atomic mass is 16.5. The van der Waals surface area contributed by atoms with Crippen LogP contribution >= 0.6 is 0 Å². The molecule has 5 rings (SSSR count). The minimum absolute atomic E-state index is 0.0249. The van der Waals surface area contributed by atoms with Crippen LogP contribution in [0.25, 0.3) is 11.3 Å². The summed E-state index contributed by atoms with van der Waals surface area (Å²) in [4.78, 5) is 24.2. The lowest BCUT2D eigenvalue weighted by Crippen LogP contribution is -2.28. The smallest absolute Gasteiger partial charge is 0.341 e. The topological polar surface area (TPSA) is 87.0 Å². The summed E-state index contributed by atoms with van der Waals surface area (Å²) in [6.07, 6.45) is 5.99. The van der Waals surface area contributed by atoms with Crippen LogP contribution in [0.1, 0.15) is 60.6 Å². The number of pyridine rings is 1. The van der Waals surface area contributed by atoms with E-state index < -0.39 is 11.4 Å². The molecule has 0 bridgehead atoms. The third kappa shape index (κ3) is 3.39. The lowest BCUT2D eigenvalue weighted by molar-refractivity contribution is 0.0593. The summed E-state index contributed by atoms with van der Waals surface area (Å²) in [5.74, 6) is 0.565. The maximum Gasteiger partial charge on any atom is 0.341 e. The second-order valence-corrected chi connectivity index (χ2v) is 9.47. The summed E-state index contributed by atoms with van der Waals surface area (Å²) in [5, 5.41) is 9.48. The molecule has 2 aromatic rings. The molecule has 0 saturated heterocycles. The summed E-state index contributed by atoms with van der Waals surface area (Å²) >= 11 is 0. The molecule has 0 amide bonds. The Balaban J connectivity index is 1.58. The summed E-state index contributed by atoms with van der Waals surface area (Å²) in [7, 11) is 1.76. The number of hydrogen-bond acceptors (Lipinski definition) is 5. The fourth-order valence-corrected chi connectivity index (χ4v) is 5.10. The predicted octanol–water partition coefficient (Wildman–Crippen LogP) is 3.85. The number of methoxy groups -OCH3 is 1. The van der Waals surface area contributed by atoms with Gasteiger partial charge in [-0.05, 0) is 36.8 Å². The van der Waals surface area contributed by atoms with Crippen molar-refractivity contribution in [2.75, 3.05) is 20.3 Å². The average molecular weight is 440 g/mol. The van der Waals surface area contributed by atoms with Gasteiger partial charge >= 0.3 is 5.97 Å². The molecule has 1 unspecified atom stereocenters. The van der Waals surface area contributed by atoms with Gasteiger partial charge in [-0.1, -0.05) is 13.8 Å². The number of aromatic carboxylic acids is 1. The molecule has 0 radical (unpaired) electrons. The van der Waals surface area contributed by atoms with Crippen LogP contribution in [-0.2, 0) is 17.6 Å². The first-order chi connectivity index (χ1) is 15.3. The van der Waals surface area contributed by atoms with Crippen LogP contribution in [0.15, 0.2) is 23.1 Å². The van der Waals surface area contributed by atoms with E-state index in [4.69, 9.17) is 14.2 Å². The van der Waals surface area contributed by atoms with Crippen molar-refractivity contribution < 1.29 is 24.1 Å². The fourth-order valence-electron chi connectivity index (χ4n) is 5.10. The Morgan fingerprint density at radius 2 is 2.12 bits per heavy atom. The first kappa shape index (κ1) is 21.1. The van der Waals surface area contributed by atoms with E-state index >= 15 is 0 Å². The van der Waals surface area contributed by atoms with Gasteiger partial charge in [-0.2, -0.15) is 0 Å². The van der Waals surface area contributed by atoms with E-state index in [2.05, 4.69) is 19.9 Å². The molecule has 1 aliphatic carbocycles. The van der Waals surface area contributed by atoms with Gasteiger partial charge in [0.25, 0.3) is 0 Å². The number of ether oxygens (including phenoxy) is 3. The van der Waals surface area contributed by atoms with Gasteiger partial charge in [-0.3, -0.25) is 4.79 Å². The van der Waals surface area contributed by atoms with Gasteiger partial charge in [0.1, 0.15) is 5.56 Å². The number of hydrogen-bond donors (Lipinski definition) is 1. The number of benzene rings is 1. The van der Waals surface area contributed by atoms with Crippen molar-refractivity contribution in [1.82, 2.24) is 4.57 Å². The first-order valence-corrected chi connectivity index (χ1v) is 11.3. The van der Waals surface area contributed by atoms with Crippen molar-refractivity contribution in [3.8, 4) is 22.8 Å². The van der Waals surface area contributed by atoms with Gasteiger partial charge in [0.2, 0.25) is 0 Å². The molecule has 2 aliphatic heterocycles. The summed E-state index contributed by atoms with van der Waals surface area (Å²) < 4.78 is 19.7. The Bertz CT molecular complexity index is 1140. The molecule has 170 valence electrons. The lowest BCUT2D eigenvalue weighted by Gasteiger charge is -2.34. The van der Waals surface area contributed by atoms with Gasteiger partial charge in [-0.15, -0.1) is 0 Å². The zero-order valence-electron chi connectivity index (χ0n) is 18.8. The number of nitrogens with zero attached hydrogens (tertiary/aromatic N) is 1. The summed E-state index contributed by atoms with van der Waals surface area (Å²) in [6, 6.07) is 3.58. The second kappa shape index (κ2) is 7.66. The van der Waals surface area contributed by atoms with Crippen molar-refractivity contribution >= 4 is 5.97 Å². The number of carbonyl (C=O) groups is 1. The maximum absolute atomic E-state index is 12.6. The summed E-state index contributed by atoms with van der Waals surface area (Å²) in [6.45, 7) is 5.36. The molecular formula is C25H29NO6. The SMILES string of the molecule is COC1(CCOc2cc3c(c4c2OCC4)-c2cc(=O)c(C(=O)O)cn2C(C(C)C)C3)CC1. The van der Waals surface area contributed by atoms with Crippen LogP contribution < -0.4 is 14.9 Å². The fraction of sp³-hybridized carbons (Fsp3) is 0.520. The largest absolute Gasteiger partial charge is 0.490 e. The summed E-state index contributed by atoms with van der Waals surface area (Å²) in [5.41, 5.74) is 3.24. The third-order valence-corrected chi connectivity index (χ3v) is 7.20. The van der Waals surface area contributed by atoms with Gasteiger partial charge in [0.15, 0.2) is 16.9 Å². The molecule has 3 heterocycles. The zero-order chi connectivity index (χ0) is 22.6. The molecule has 3 aliphatic rings. The van der Waals surface area contributed by atoms with Crippen LogP contribution in [-0.4, -0.2) is 41.6 Å². The molecule has 32 heavy (non-hydrogen) atoms. The molecule has 1 aromatic heterocycles. The lowest BCUT2D eigenvalue weighted by atomic mass is 9.84. The first-order valence-electron chi connectivity index (χ1n) is 11.3. The molecule has 1 N–H and O–H groups in total. The Morgan fingerprint density at radius 3 is 2.78 bits per heavy atom. The van der Waals surface area contributed by atoms with Crippen molar-refractivity contribution in [2.45, 2.75) is 57.6 Å². The van der Waals surface area contributed by atoms with E-state index in [1.807, 2.05) is 4.57 Å². The van der Waals surface area contributed by atoms with E-state index in [1.54, 1.807) is 7.11 Å². The number of rotatable bonds is 7. The van der Waals surface area contributed by atoms with E-state index in [1.165, 1.54) is 12.3 Å². The van der Waals surface area contributed by atoms with Crippen molar-refractivity contribution in [3.05, 3.63) is 45.2 Å². The Labute approximate surface area is 186 Å². The minimum Gasteiger partial charge on any atom is -0.490 e. The van der Waals surface area contributed by atoms with E-state index in [-0.39, 0.29) is 23.1 Å². The van der Waals surface area contributed by atoms with Crippen molar-refractivity contribution in [2.24, 2.45) is 5.92 Å². The standard InChI is InChI=1S/C25H29NO6/c1-14(2)18-10-15-11-21(31-9-7-25(30-3)5-6-25)23-16(4-8-32-23)22(15)19-12-20(27)17(24(28)29)13-26(18)19/h11-14,18H,4-10H2,1-3H3,(H,28,29). The van der Waals surface area contributed by atoms with Crippen LogP contribution in [0, 0.1) is 5.92 Å². The van der Waals surface area contributed by atoms with Gasteiger partial charge in [0, 0.05) is 49.4 Å². The number of fused-ring (bicyclic) bond motifs is 5. The molecule has 1 atom stereocenters. The van der Waals surface area contributed by atoms with Gasteiger partial charge in [0.05, 0.1) is 24.5 Å². The van der Waals surface area contributed by atoms with E-state index in [0.29, 0.717) is 13.2 Å². The highest BCUT2D eigenvalue weighted by molar-refractivity contribution is 5.88. The zero-order valence-corrected chi connectivity index (χ0v) is 18.8. The van der Waals surface area contributed by atoms with Gasteiger partial charge in [-0.25, -0.2) is 4.79 Å². The predicted molar refractivity (Wildman–Crippen MR) is 119 cm³/mol. The molecule has 1 saturated carbocycles. The Morgan fingerprint density at radius 1 is 1.34 bits per heavy atom. The quantitative estimate of drug-likeness (QED) is 0.705. The Kier molecular flexibility index (Phi) is 5.04. The molecule has 1 aromatic carbocycles. The number of aromatic nitrogens is 1. The third-order valence-electron chi connectivity index (χ3n) is 7.20. The molecular weight excluding hydrogens is 410 g/mol. The minimum atomic E-state index is -1.19. The van der Waals surface area contributed by atoms with Gasteiger partial charge < -0.3 is 23.9 Å². The second-order valence-electron chi connectivity index (χ2n) is 9.47. The van der Waals surface area contributed by atoms with Crippen LogP contribution in [0.2, 0.25) is 0 Å². The normalized spacial score (nSPS) is 19.7. The highest BCUT2D eigenvalue weighted by Crippen LogP contribution is 2.49. The average Bonchev–Trinajstić information content (AvgIpc) is 3.36. The van der Waals surface area contributed by atoms with Crippen LogP contribution in [0.5, 0.6) is 11.5 Å². The van der Waals surface area contributed by atoms with Crippen LogP contribution in [0.3, 0.4) is 0 Å². The maximum atomic E-state index is 12.6. The highest BCUT2D eigenvalue weighted by Gasteiger charge is 2.42. The number of carboxylic acid groups (broad SMARTS) is 1. The molecule has 7 heteroatoms. The monoisotopic (exact) mass is 439 g/mol.